The summed E-state index contributed by atoms with van der Waals surface area (Å²) in [5.74, 6) is -7.54. The molecule has 0 aliphatic heterocycles. The number of carboxylic acids is 1. The molecule has 1 atom stereocenters. The zero-order valence-corrected chi connectivity index (χ0v) is 14.6. The standard InChI is InChI=1S/C18H9ClF8O2/c19-13-4-2-8(6-15(13)21)11(17(22,23)24)7-14(20)9-1-3-10(16(28)29)12(5-9)18(25,26)27/h1-7,11H,(H,28,29). The molecule has 0 aromatic heterocycles. The van der Waals surface area contributed by atoms with E-state index in [0.717, 1.165) is 12.1 Å². The summed E-state index contributed by atoms with van der Waals surface area (Å²) in [6.07, 6.45) is -10.3. The van der Waals surface area contributed by atoms with Crippen LogP contribution < -0.4 is 0 Å². The number of hydrogen-bond donors (Lipinski definition) is 1. The van der Waals surface area contributed by atoms with Crippen molar-refractivity contribution in [2.75, 3.05) is 0 Å². The van der Waals surface area contributed by atoms with Crippen molar-refractivity contribution in [1.82, 2.24) is 0 Å². The number of carbonyl (C=O) groups is 1. The van der Waals surface area contributed by atoms with Gasteiger partial charge in [0.05, 0.1) is 16.1 Å². The van der Waals surface area contributed by atoms with Crippen LogP contribution in [0.3, 0.4) is 0 Å². The lowest BCUT2D eigenvalue weighted by atomic mass is 9.95. The van der Waals surface area contributed by atoms with Gasteiger partial charge in [0.25, 0.3) is 0 Å². The molecule has 156 valence electrons. The summed E-state index contributed by atoms with van der Waals surface area (Å²) < 4.78 is 107. The van der Waals surface area contributed by atoms with Gasteiger partial charge in [0.1, 0.15) is 17.6 Å². The van der Waals surface area contributed by atoms with E-state index in [1.807, 2.05) is 0 Å². The molecule has 0 saturated heterocycles. The van der Waals surface area contributed by atoms with Crippen molar-refractivity contribution in [1.29, 1.82) is 0 Å². The molecular weight excluding hydrogens is 436 g/mol. The number of carboxylic acid groups (broad SMARTS) is 1. The Labute approximate surface area is 163 Å². The van der Waals surface area contributed by atoms with Gasteiger partial charge in [-0.15, -0.1) is 0 Å². The Morgan fingerprint density at radius 2 is 1.66 bits per heavy atom. The Morgan fingerprint density at radius 1 is 1.03 bits per heavy atom. The zero-order chi connectivity index (χ0) is 22.1. The Hall–Kier alpha value is -2.62. The minimum Gasteiger partial charge on any atom is -0.478 e. The second-order valence-electron chi connectivity index (χ2n) is 5.77. The lowest BCUT2D eigenvalue weighted by molar-refractivity contribution is -0.140. The molecule has 1 N–H and O–H groups in total. The summed E-state index contributed by atoms with van der Waals surface area (Å²) in [5.41, 5.74) is -4.58. The van der Waals surface area contributed by atoms with Crippen LogP contribution in [0.15, 0.2) is 42.5 Å². The number of benzene rings is 2. The number of hydrogen-bond acceptors (Lipinski definition) is 1. The Balaban J connectivity index is 2.58. The number of rotatable bonds is 4. The van der Waals surface area contributed by atoms with Crippen molar-refractivity contribution in [2.24, 2.45) is 0 Å². The molecule has 1 unspecified atom stereocenters. The zero-order valence-electron chi connectivity index (χ0n) is 13.9. The van der Waals surface area contributed by atoms with Gasteiger partial charge in [0.2, 0.25) is 0 Å². The van der Waals surface area contributed by atoms with E-state index < -0.39 is 63.2 Å². The fourth-order valence-electron chi connectivity index (χ4n) is 2.44. The summed E-state index contributed by atoms with van der Waals surface area (Å²) >= 11 is 5.40. The first kappa shape index (κ1) is 22.7. The summed E-state index contributed by atoms with van der Waals surface area (Å²) in [7, 11) is 0. The Bertz CT molecular complexity index is 963. The van der Waals surface area contributed by atoms with Gasteiger partial charge in [-0.1, -0.05) is 23.7 Å². The number of alkyl halides is 6. The van der Waals surface area contributed by atoms with Gasteiger partial charge in [0.15, 0.2) is 0 Å². The maximum absolute atomic E-state index is 14.4. The largest absolute Gasteiger partial charge is 0.478 e. The summed E-state index contributed by atoms with van der Waals surface area (Å²) in [5, 5.41) is 8.33. The SMILES string of the molecule is O=C(O)c1ccc(C(F)=CC(c2ccc(Cl)c(F)c2)C(F)(F)F)cc1C(F)(F)F. The third-order valence-electron chi connectivity index (χ3n) is 3.80. The first-order valence-electron chi connectivity index (χ1n) is 7.55. The first-order chi connectivity index (χ1) is 13.2. The molecule has 0 fully saturated rings. The Morgan fingerprint density at radius 3 is 2.14 bits per heavy atom. The average molecular weight is 445 g/mol. The molecule has 0 bridgehead atoms. The average Bonchev–Trinajstić information content (AvgIpc) is 2.59. The predicted octanol–water partition coefficient (Wildman–Crippen LogP) is 6.85. The highest BCUT2D eigenvalue weighted by atomic mass is 35.5. The van der Waals surface area contributed by atoms with E-state index in [0.29, 0.717) is 18.2 Å². The molecule has 0 aliphatic rings. The van der Waals surface area contributed by atoms with E-state index in [-0.39, 0.29) is 12.1 Å². The highest BCUT2D eigenvalue weighted by Gasteiger charge is 2.40. The van der Waals surface area contributed by atoms with Crippen LogP contribution in [0.5, 0.6) is 0 Å². The third-order valence-corrected chi connectivity index (χ3v) is 4.11. The summed E-state index contributed by atoms with van der Waals surface area (Å²) in [6, 6.07) is 3.16. The van der Waals surface area contributed by atoms with Crippen molar-refractivity contribution >= 4 is 23.4 Å². The van der Waals surface area contributed by atoms with Gasteiger partial charge < -0.3 is 5.11 Å². The van der Waals surface area contributed by atoms with Crippen molar-refractivity contribution in [3.8, 4) is 0 Å². The molecule has 2 nitrogen and oxygen atoms in total. The smallest absolute Gasteiger partial charge is 0.417 e. The molecule has 0 saturated carbocycles. The van der Waals surface area contributed by atoms with Gasteiger partial charge in [-0.2, -0.15) is 26.3 Å². The summed E-state index contributed by atoms with van der Waals surface area (Å²) in [4.78, 5) is 10.9. The monoisotopic (exact) mass is 444 g/mol. The molecule has 0 amide bonds. The second-order valence-corrected chi connectivity index (χ2v) is 6.18. The maximum Gasteiger partial charge on any atom is 0.417 e. The molecule has 2 aromatic rings. The van der Waals surface area contributed by atoms with Gasteiger partial charge in [-0.3, -0.25) is 0 Å². The predicted molar refractivity (Wildman–Crippen MR) is 87.7 cm³/mol. The maximum atomic E-state index is 14.4. The highest BCUT2D eigenvalue weighted by molar-refractivity contribution is 6.30. The highest BCUT2D eigenvalue weighted by Crippen LogP contribution is 2.40. The minimum atomic E-state index is -5.19. The van der Waals surface area contributed by atoms with Gasteiger partial charge in [0, 0.05) is 5.56 Å². The third kappa shape index (κ3) is 5.26. The quantitative estimate of drug-likeness (QED) is 0.523. The van der Waals surface area contributed by atoms with E-state index in [9.17, 15) is 39.9 Å². The lowest BCUT2D eigenvalue weighted by Crippen LogP contribution is -2.19. The topological polar surface area (TPSA) is 37.3 Å². The van der Waals surface area contributed by atoms with Crippen LogP contribution in [0, 0.1) is 5.82 Å². The number of halogens is 9. The van der Waals surface area contributed by atoms with Crippen LogP contribution in [0.25, 0.3) is 5.83 Å². The molecule has 0 radical (unpaired) electrons. The molecule has 0 aliphatic carbocycles. The lowest BCUT2D eigenvalue weighted by Gasteiger charge is -2.18. The van der Waals surface area contributed by atoms with Crippen LogP contribution in [-0.4, -0.2) is 17.3 Å². The van der Waals surface area contributed by atoms with E-state index in [2.05, 4.69) is 0 Å². The van der Waals surface area contributed by atoms with Crippen molar-refractivity contribution in [2.45, 2.75) is 18.3 Å². The van der Waals surface area contributed by atoms with Crippen LogP contribution in [-0.2, 0) is 6.18 Å². The van der Waals surface area contributed by atoms with Gasteiger partial charge in [-0.25, -0.2) is 13.6 Å². The van der Waals surface area contributed by atoms with Crippen LogP contribution >= 0.6 is 11.6 Å². The van der Waals surface area contributed by atoms with Crippen LogP contribution in [0.1, 0.15) is 33.0 Å². The summed E-state index contributed by atoms with van der Waals surface area (Å²) in [6.45, 7) is 0. The van der Waals surface area contributed by atoms with Gasteiger partial charge in [-0.05, 0) is 35.9 Å². The number of allylic oxidation sites excluding steroid dienone is 1. The minimum absolute atomic E-state index is 0.0292. The Kier molecular flexibility index (Phi) is 6.27. The fraction of sp³-hybridized carbons (Fsp3) is 0.167. The molecule has 0 spiro atoms. The molecule has 29 heavy (non-hydrogen) atoms. The van der Waals surface area contributed by atoms with E-state index in [4.69, 9.17) is 16.7 Å². The van der Waals surface area contributed by atoms with E-state index >= 15 is 0 Å². The van der Waals surface area contributed by atoms with Crippen molar-refractivity contribution in [3.63, 3.8) is 0 Å². The van der Waals surface area contributed by atoms with Crippen LogP contribution in [0.4, 0.5) is 35.1 Å². The number of aromatic carboxylic acids is 1. The van der Waals surface area contributed by atoms with Gasteiger partial charge >= 0.3 is 18.3 Å². The molecular formula is C18H9ClF8O2. The molecule has 2 aromatic carbocycles. The first-order valence-corrected chi connectivity index (χ1v) is 7.93. The van der Waals surface area contributed by atoms with E-state index in [1.54, 1.807) is 0 Å². The molecule has 0 heterocycles. The fourth-order valence-corrected chi connectivity index (χ4v) is 2.56. The van der Waals surface area contributed by atoms with E-state index in [1.165, 1.54) is 0 Å². The molecule has 2 rings (SSSR count). The van der Waals surface area contributed by atoms with Crippen molar-refractivity contribution < 1.29 is 45.0 Å². The van der Waals surface area contributed by atoms with Crippen molar-refractivity contribution in [3.05, 3.63) is 75.6 Å². The normalized spacial score (nSPS) is 14.0. The second kappa shape index (κ2) is 8.02. The molecule has 11 heteroatoms. The van der Waals surface area contributed by atoms with Crippen LogP contribution in [0.2, 0.25) is 5.02 Å².